The van der Waals surface area contributed by atoms with Gasteiger partial charge >= 0.3 is 0 Å². The largest absolute Gasteiger partial charge is 0.459 e. The summed E-state index contributed by atoms with van der Waals surface area (Å²) in [5.41, 5.74) is 2.46. The van der Waals surface area contributed by atoms with Crippen molar-refractivity contribution in [3.63, 3.8) is 0 Å². The molecule has 2 heterocycles. The van der Waals surface area contributed by atoms with Crippen LogP contribution in [0.1, 0.15) is 61.1 Å². The molecule has 0 atom stereocenters. The number of hydrogen-bond acceptors (Lipinski definition) is 5. The van der Waals surface area contributed by atoms with Crippen LogP contribution in [0, 0.1) is 12.8 Å². The van der Waals surface area contributed by atoms with Gasteiger partial charge in [-0.15, -0.1) is 0 Å². The Morgan fingerprint density at radius 3 is 2.38 bits per heavy atom. The first-order chi connectivity index (χ1) is 15.1. The molecular formula is C24H31N3O4S. The molecule has 0 spiro atoms. The first-order valence-electron chi connectivity index (χ1n) is 10.8. The quantitative estimate of drug-likeness (QED) is 0.467. The minimum atomic E-state index is -3.67. The smallest absolute Gasteiger partial charge is 0.289 e. The molecule has 2 aromatic heterocycles. The van der Waals surface area contributed by atoms with Gasteiger partial charge in [-0.1, -0.05) is 43.7 Å². The fourth-order valence-electron chi connectivity index (χ4n) is 3.66. The van der Waals surface area contributed by atoms with Gasteiger partial charge in [0.1, 0.15) is 0 Å². The standard InChI is InChI=1S/C24H31N3O4S/c1-17(2)14-26(23(28)22-7-6-12-31-22)15-21-13-25-24(27(21)18(3)4)32(29,30)16-20-10-8-19(5)9-11-20/h6-13,17-18H,14-16H2,1-5H3. The van der Waals surface area contributed by atoms with E-state index in [2.05, 4.69) is 4.98 Å². The predicted molar refractivity (Wildman–Crippen MR) is 123 cm³/mol. The number of nitrogens with zero attached hydrogens (tertiary/aromatic N) is 3. The maximum Gasteiger partial charge on any atom is 0.289 e. The number of hydrogen-bond donors (Lipinski definition) is 0. The van der Waals surface area contributed by atoms with E-state index in [4.69, 9.17) is 4.42 Å². The van der Waals surface area contributed by atoms with Crippen LogP contribution < -0.4 is 0 Å². The minimum absolute atomic E-state index is 0.0259. The highest BCUT2D eigenvalue weighted by Gasteiger charge is 2.28. The number of amides is 1. The lowest BCUT2D eigenvalue weighted by molar-refractivity contribution is 0.0685. The van der Waals surface area contributed by atoms with Crippen molar-refractivity contribution in [3.8, 4) is 0 Å². The molecule has 0 fully saturated rings. The van der Waals surface area contributed by atoms with Crippen LogP contribution in [-0.2, 0) is 22.1 Å². The summed E-state index contributed by atoms with van der Waals surface area (Å²) in [6.45, 7) is 10.6. The zero-order valence-corrected chi connectivity index (χ0v) is 20.1. The van der Waals surface area contributed by atoms with Gasteiger partial charge < -0.3 is 13.9 Å². The SMILES string of the molecule is Cc1ccc(CS(=O)(=O)c2ncc(CN(CC(C)C)C(=O)c3ccco3)n2C(C)C)cc1. The van der Waals surface area contributed by atoms with Gasteiger partial charge in [0.25, 0.3) is 5.91 Å². The van der Waals surface area contributed by atoms with Gasteiger partial charge in [0, 0.05) is 12.6 Å². The summed E-state index contributed by atoms with van der Waals surface area (Å²) in [5, 5.41) is 0.0259. The van der Waals surface area contributed by atoms with Crippen molar-refractivity contribution < 1.29 is 17.6 Å². The lowest BCUT2D eigenvalue weighted by Crippen LogP contribution is -2.34. The molecule has 0 aliphatic carbocycles. The van der Waals surface area contributed by atoms with Gasteiger partial charge in [-0.3, -0.25) is 4.79 Å². The van der Waals surface area contributed by atoms with Crippen molar-refractivity contribution in [2.24, 2.45) is 5.92 Å². The molecule has 0 unspecified atom stereocenters. The molecule has 1 amide bonds. The van der Waals surface area contributed by atoms with Crippen LogP contribution in [-0.4, -0.2) is 35.3 Å². The van der Waals surface area contributed by atoms with Gasteiger partial charge in [-0.2, -0.15) is 0 Å². The predicted octanol–water partition coefficient (Wildman–Crippen LogP) is 4.64. The van der Waals surface area contributed by atoms with Crippen LogP contribution in [0.4, 0.5) is 0 Å². The molecule has 3 rings (SSSR count). The maximum atomic E-state index is 13.2. The molecule has 0 aliphatic rings. The Hall–Kier alpha value is -2.87. The minimum Gasteiger partial charge on any atom is -0.459 e. The lowest BCUT2D eigenvalue weighted by atomic mass is 10.2. The number of furan rings is 1. The molecule has 1 aromatic carbocycles. The monoisotopic (exact) mass is 457 g/mol. The molecule has 3 aromatic rings. The van der Waals surface area contributed by atoms with Crippen LogP contribution in [0.25, 0.3) is 0 Å². The van der Waals surface area contributed by atoms with Crippen LogP contribution in [0.15, 0.2) is 58.4 Å². The van der Waals surface area contributed by atoms with E-state index in [0.29, 0.717) is 17.8 Å². The summed E-state index contributed by atoms with van der Waals surface area (Å²) in [7, 11) is -3.67. The highest BCUT2D eigenvalue weighted by atomic mass is 32.2. The fourth-order valence-corrected chi connectivity index (χ4v) is 5.26. The Balaban J connectivity index is 1.93. The number of carbonyl (C=O) groups is 1. The molecule has 0 bridgehead atoms. The van der Waals surface area contributed by atoms with Crippen molar-refractivity contribution in [2.75, 3.05) is 6.54 Å². The second-order valence-electron chi connectivity index (χ2n) is 8.80. The first-order valence-corrected chi connectivity index (χ1v) is 12.4. The zero-order chi connectivity index (χ0) is 23.5. The van der Waals surface area contributed by atoms with Crippen molar-refractivity contribution in [3.05, 3.63) is 71.4 Å². The molecular weight excluding hydrogens is 426 g/mol. The highest BCUT2D eigenvalue weighted by molar-refractivity contribution is 7.90. The van der Waals surface area contributed by atoms with E-state index in [1.54, 1.807) is 27.8 Å². The van der Waals surface area contributed by atoms with E-state index < -0.39 is 9.84 Å². The van der Waals surface area contributed by atoms with Gasteiger partial charge in [-0.25, -0.2) is 13.4 Å². The normalized spacial score (nSPS) is 12.0. The van der Waals surface area contributed by atoms with E-state index >= 15 is 0 Å². The van der Waals surface area contributed by atoms with Crippen molar-refractivity contribution in [1.29, 1.82) is 0 Å². The second kappa shape index (κ2) is 9.73. The third kappa shape index (κ3) is 5.48. The molecule has 32 heavy (non-hydrogen) atoms. The average Bonchev–Trinajstić information content (AvgIpc) is 3.38. The molecule has 172 valence electrons. The number of carbonyl (C=O) groups excluding carboxylic acids is 1. The maximum absolute atomic E-state index is 13.2. The van der Waals surface area contributed by atoms with Crippen LogP contribution in [0.5, 0.6) is 0 Å². The Morgan fingerprint density at radius 2 is 1.81 bits per heavy atom. The van der Waals surface area contributed by atoms with E-state index in [1.807, 2.05) is 58.9 Å². The summed E-state index contributed by atoms with van der Waals surface area (Å²) in [5.74, 6) is 0.129. The highest BCUT2D eigenvalue weighted by Crippen LogP contribution is 2.24. The van der Waals surface area contributed by atoms with Crippen LogP contribution in [0.2, 0.25) is 0 Å². The topological polar surface area (TPSA) is 85.4 Å². The Kier molecular flexibility index (Phi) is 7.23. The number of aryl methyl sites for hydroxylation is 1. The van der Waals surface area contributed by atoms with Gasteiger partial charge in [-0.05, 0) is 44.4 Å². The summed E-state index contributed by atoms with van der Waals surface area (Å²) < 4.78 is 33.5. The van der Waals surface area contributed by atoms with Crippen molar-refractivity contribution >= 4 is 15.7 Å². The Bertz CT molecular complexity index is 1140. The second-order valence-corrected chi connectivity index (χ2v) is 10.7. The molecule has 8 heteroatoms. The summed E-state index contributed by atoms with van der Waals surface area (Å²) in [6.07, 6.45) is 3.03. The number of benzene rings is 1. The van der Waals surface area contributed by atoms with Gasteiger partial charge in [0.15, 0.2) is 5.76 Å². The molecule has 0 aliphatic heterocycles. The van der Waals surface area contributed by atoms with Crippen molar-refractivity contribution in [2.45, 2.75) is 58.1 Å². The molecule has 0 N–H and O–H groups in total. The summed E-state index contributed by atoms with van der Waals surface area (Å²) in [4.78, 5) is 19.0. The molecule has 7 nitrogen and oxygen atoms in total. The number of sulfone groups is 1. The molecule has 0 radical (unpaired) electrons. The van der Waals surface area contributed by atoms with Gasteiger partial charge in [0.05, 0.1) is 30.5 Å². The van der Waals surface area contributed by atoms with E-state index in [9.17, 15) is 13.2 Å². The van der Waals surface area contributed by atoms with E-state index in [0.717, 1.165) is 5.56 Å². The fraction of sp³-hybridized carbons (Fsp3) is 0.417. The summed E-state index contributed by atoms with van der Waals surface area (Å²) >= 11 is 0. The zero-order valence-electron chi connectivity index (χ0n) is 19.3. The Morgan fingerprint density at radius 1 is 1.12 bits per heavy atom. The van der Waals surface area contributed by atoms with E-state index in [1.165, 1.54) is 6.26 Å². The molecule has 0 saturated carbocycles. The van der Waals surface area contributed by atoms with Crippen LogP contribution in [0.3, 0.4) is 0 Å². The third-order valence-corrected chi connectivity index (χ3v) is 6.64. The number of aromatic nitrogens is 2. The van der Waals surface area contributed by atoms with E-state index in [-0.39, 0.29) is 41.1 Å². The third-order valence-electron chi connectivity index (χ3n) is 5.07. The first kappa shape index (κ1) is 23.8. The van der Waals surface area contributed by atoms with Gasteiger partial charge in [0.2, 0.25) is 15.0 Å². The summed E-state index contributed by atoms with van der Waals surface area (Å²) in [6, 6.07) is 10.6. The number of rotatable bonds is 9. The number of imidazole rings is 1. The Labute approximate surface area is 190 Å². The lowest BCUT2D eigenvalue weighted by Gasteiger charge is -2.25. The van der Waals surface area contributed by atoms with Crippen molar-refractivity contribution in [1.82, 2.24) is 14.5 Å². The average molecular weight is 458 g/mol. The van der Waals surface area contributed by atoms with Crippen LogP contribution >= 0.6 is 0 Å². The molecule has 0 saturated heterocycles.